The normalized spacial score (nSPS) is 26.2. The molecule has 38 heavy (non-hydrogen) atoms. The van der Waals surface area contributed by atoms with Crippen LogP contribution < -0.4 is 11.5 Å². The third kappa shape index (κ3) is 3.39. The fourth-order valence-corrected chi connectivity index (χ4v) is 6.56. The number of halogens is 1. The van der Waals surface area contributed by atoms with Crippen LogP contribution in [0.25, 0.3) is 33.1 Å². The number of fused-ring (bicyclic) bond motifs is 3. The van der Waals surface area contributed by atoms with E-state index in [1.54, 1.807) is 12.1 Å². The van der Waals surface area contributed by atoms with E-state index in [2.05, 4.69) is 21.0 Å². The van der Waals surface area contributed by atoms with Crippen molar-refractivity contribution in [2.45, 2.75) is 37.5 Å². The predicted molar refractivity (Wildman–Crippen MR) is 143 cm³/mol. The SMILES string of the molecule is Nc1nc2cc(CC[C@@]34C[C@@H]3[C@@H](n3ccc5c(N)ncnc53)[C@H](O)[C@@H]4O)ccc2cc1-c1ccc(F)cc1. The summed E-state index contributed by atoms with van der Waals surface area (Å²) < 4.78 is 15.3. The van der Waals surface area contributed by atoms with Crippen LogP contribution in [0.15, 0.2) is 67.1 Å². The van der Waals surface area contributed by atoms with Gasteiger partial charge < -0.3 is 26.2 Å². The maximum absolute atomic E-state index is 13.3. The fraction of sp³-hybridized carbons (Fsp3) is 0.276. The van der Waals surface area contributed by atoms with Crippen LogP contribution in [0.3, 0.4) is 0 Å². The van der Waals surface area contributed by atoms with Gasteiger partial charge in [0.2, 0.25) is 0 Å². The molecule has 8 nitrogen and oxygen atoms in total. The molecular formula is C29H27FN6O2. The molecule has 0 aliphatic heterocycles. The highest BCUT2D eigenvalue weighted by Gasteiger charge is 2.70. The van der Waals surface area contributed by atoms with Crippen LogP contribution in [0, 0.1) is 17.2 Å². The number of hydrogen-bond donors (Lipinski definition) is 4. The largest absolute Gasteiger partial charge is 0.390 e. The number of hydrogen-bond acceptors (Lipinski definition) is 7. The highest BCUT2D eigenvalue weighted by molar-refractivity contribution is 5.89. The molecule has 2 aliphatic rings. The van der Waals surface area contributed by atoms with Crippen LogP contribution in [-0.2, 0) is 6.42 Å². The molecule has 2 saturated carbocycles. The maximum Gasteiger partial charge on any atom is 0.145 e. The zero-order valence-corrected chi connectivity index (χ0v) is 20.5. The third-order valence-electron chi connectivity index (χ3n) is 8.66. The molecule has 6 N–H and O–H groups in total. The van der Waals surface area contributed by atoms with E-state index in [4.69, 9.17) is 11.5 Å². The summed E-state index contributed by atoms with van der Waals surface area (Å²) in [5.74, 6) is 0.642. The van der Waals surface area contributed by atoms with Crippen molar-refractivity contribution < 1.29 is 14.6 Å². The molecule has 0 bridgehead atoms. The van der Waals surface area contributed by atoms with Gasteiger partial charge in [0.25, 0.3) is 0 Å². The van der Waals surface area contributed by atoms with E-state index in [0.29, 0.717) is 17.3 Å². The smallest absolute Gasteiger partial charge is 0.145 e. The fourth-order valence-electron chi connectivity index (χ4n) is 6.56. The molecule has 192 valence electrons. The van der Waals surface area contributed by atoms with Crippen LogP contribution in [0.2, 0.25) is 0 Å². The molecule has 0 radical (unpaired) electrons. The van der Waals surface area contributed by atoms with Crippen LogP contribution >= 0.6 is 0 Å². The molecule has 5 atom stereocenters. The van der Waals surface area contributed by atoms with Gasteiger partial charge in [-0.3, -0.25) is 0 Å². The second kappa shape index (κ2) is 8.21. The Hall–Kier alpha value is -4.08. The molecule has 5 aromatic rings. The lowest BCUT2D eigenvalue weighted by atomic mass is 9.91. The van der Waals surface area contributed by atoms with Gasteiger partial charge in [-0.15, -0.1) is 0 Å². The zero-order chi connectivity index (χ0) is 26.2. The number of pyridine rings is 1. The van der Waals surface area contributed by atoms with Gasteiger partial charge in [0.1, 0.15) is 35.5 Å². The van der Waals surface area contributed by atoms with Gasteiger partial charge >= 0.3 is 0 Å². The molecule has 7 rings (SSSR count). The van der Waals surface area contributed by atoms with Gasteiger partial charge in [-0.25, -0.2) is 19.3 Å². The number of aromatic nitrogens is 4. The van der Waals surface area contributed by atoms with Crippen molar-refractivity contribution in [3.63, 3.8) is 0 Å². The molecule has 0 saturated heterocycles. The first-order valence-corrected chi connectivity index (χ1v) is 12.7. The minimum Gasteiger partial charge on any atom is -0.390 e. The van der Waals surface area contributed by atoms with E-state index >= 15 is 0 Å². The van der Waals surface area contributed by atoms with E-state index in [1.165, 1.54) is 18.5 Å². The van der Waals surface area contributed by atoms with Crippen molar-refractivity contribution in [1.82, 2.24) is 19.5 Å². The van der Waals surface area contributed by atoms with E-state index < -0.39 is 12.2 Å². The van der Waals surface area contributed by atoms with E-state index in [0.717, 1.165) is 52.2 Å². The molecular weight excluding hydrogens is 483 g/mol. The number of nitrogen functional groups attached to an aromatic ring is 2. The lowest BCUT2D eigenvalue weighted by Gasteiger charge is -2.24. The molecule has 2 aliphatic carbocycles. The number of nitrogens with two attached hydrogens (primary N) is 2. The first-order valence-electron chi connectivity index (χ1n) is 12.7. The maximum atomic E-state index is 13.3. The average Bonchev–Trinajstić information content (AvgIpc) is 3.40. The average molecular weight is 511 g/mol. The Morgan fingerprint density at radius 3 is 2.63 bits per heavy atom. The number of anilines is 2. The number of rotatable bonds is 5. The molecule has 3 heterocycles. The van der Waals surface area contributed by atoms with E-state index in [9.17, 15) is 14.6 Å². The monoisotopic (exact) mass is 510 g/mol. The van der Waals surface area contributed by atoms with Gasteiger partial charge in [-0.2, -0.15) is 0 Å². The summed E-state index contributed by atoms with van der Waals surface area (Å²) >= 11 is 0. The summed E-state index contributed by atoms with van der Waals surface area (Å²) in [7, 11) is 0. The quantitative estimate of drug-likeness (QED) is 0.282. The van der Waals surface area contributed by atoms with Gasteiger partial charge in [0.15, 0.2) is 0 Å². The molecule has 3 aromatic heterocycles. The van der Waals surface area contributed by atoms with Gasteiger partial charge in [0, 0.05) is 22.6 Å². The minimum atomic E-state index is -0.886. The summed E-state index contributed by atoms with van der Waals surface area (Å²) in [6.07, 6.45) is 3.93. The standard InChI is InChI=1S/C29H27FN6O2/c30-18-5-3-16(4-6-18)20-12-17-2-1-15(11-22(17)35-27(20)32)7-9-29-13-21(29)23(24(37)25(29)38)36-10-8-19-26(31)33-14-34-28(19)36/h1-6,8,10-12,14,21,23-25,37-38H,7,9,13H2,(H2,32,35)(H2,31,33,34)/t21-,23-,24+,25+,29-/m1/s1. The summed E-state index contributed by atoms with van der Waals surface area (Å²) in [6.45, 7) is 0. The molecule has 9 heteroatoms. The van der Waals surface area contributed by atoms with Gasteiger partial charge in [0.05, 0.1) is 23.0 Å². The lowest BCUT2D eigenvalue weighted by Crippen LogP contribution is -2.34. The lowest BCUT2D eigenvalue weighted by molar-refractivity contribution is -0.0191. The van der Waals surface area contributed by atoms with Crippen LogP contribution in [0.1, 0.15) is 24.4 Å². The summed E-state index contributed by atoms with van der Waals surface area (Å²) in [5.41, 5.74) is 16.1. The van der Waals surface area contributed by atoms with Crippen molar-refractivity contribution in [2.24, 2.45) is 11.3 Å². The zero-order valence-electron chi connectivity index (χ0n) is 20.5. The number of nitrogens with zero attached hydrogens (tertiary/aromatic N) is 4. The molecule has 0 unspecified atom stereocenters. The Morgan fingerprint density at radius 1 is 1.00 bits per heavy atom. The summed E-state index contributed by atoms with van der Waals surface area (Å²) in [5, 5.41) is 23.9. The molecule has 2 aromatic carbocycles. The number of aryl methyl sites for hydroxylation is 1. The summed E-state index contributed by atoms with van der Waals surface area (Å²) in [6, 6.07) is 15.9. The van der Waals surface area contributed by atoms with Crippen molar-refractivity contribution in [2.75, 3.05) is 11.5 Å². The van der Waals surface area contributed by atoms with Gasteiger partial charge in [-0.1, -0.05) is 24.3 Å². The number of benzene rings is 2. The predicted octanol–water partition coefficient (Wildman–Crippen LogP) is 3.87. The Kier molecular flexibility index (Phi) is 4.98. The van der Waals surface area contributed by atoms with Crippen LogP contribution in [0.4, 0.5) is 16.0 Å². The van der Waals surface area contributed by atoms with E-state index in [-0.39, 0.29) is 23.2 Å². The Labute approximate surface area is 217 Å². The second-order valence-corrected chi connectivity index (χ2v) is 10.6. The second-order valence-electron chi connectivity index (χ2n) is 10.6. The Morgan fingerprint density at radius 2 is 1.82 bits per heavy atom. The van der Waals surface area contributed by atoms with Crippen molar-refractivity contribution in [3.8, 4) is 11.1 Å². The van der Waals surface area contributed by atoms with Gasteiger partial charge in [-0.05, 0) is 66.6 Å². The number of aliphatic hydroxyl groups excluding tert-OH is 2. The van der Waals surface area contributed by atoms with Crippen molar-refractivity contribution in [1.29, 1.82) is 0 Å². The van der Waals surface area contributed by atoms with Crippen LogP contribution in [0.5, 0.6) is 0 Å². The van der Waals surface area contributed by atoms with Crippen molar-refractivity contribution in [3.05, 3.63) is 78.5 Å². The third-order valence-corrected chi connectivity index (χ3v) is 8.66. The Bertz CT molecular complexity index is 1700. The van der Waals surface area contributed by atoms with Crippen LogP contribution in [-0.4, -0.2) is 41.9 Å². The van der Waals surface area contributed by atoms with Crippen molar-refractivity contribution >= 4 is 33.6 Å². The highest BCUT2D eigenvalue weighted by atomic mass is 19.1. The molecule has 0 amide bonds. The first-order chi connectivity index (χ1) is 18.4. The summed E-state index contributed by atoms with van der Waals surface area (Å²) in [4.78, 5) is 13.1. The highest BCUT2D eigenvalue weighted by Crippen LogP contribution is 2.69. The Balaban J connectivity index is 1.13. The topological polar surface area (TPSA) is 136 Å². The molecule has 2 fully saturated rings. The number of aliphatic hydroxyl groups is 2. The molecule has 0 spiro atoms. The first kappa shape index (κ1) is 23.1. The minimum absolute atomic E-state index is 0.145. The van der Waals surface area contributed by atoms with E-state index in [1.807, 2.05) is 35.0 Å².